The van der Waals surface area contributed by atoms with Crippen LogP contribution in [0.4, 0.5) is 0 Å². The fourth-order valence-corrected chi connectivity index (χ4v) is 4.35. The van der Waals surface area contributed by atoms with Crippen molar-refractivity contribution in [2.45, 2.75) is 44.4 Å². The predicted octanol–water partition coefficient (Wildman–Crippen LogP) is 2.91. The summed E-state index contributed by atoms with van der Waals surface area (Å²) in [6.07, 6.45) is 5.11. The molecular formula is C23H28N4O3. The van der Waals surface area contributed by atoms with Gasteiger partial charge >= 0.3 is 0 Å². The molecule has 3 heterocycles. The van der Waals surface area contributed by atoms with E-state index >= 15 is 0 Å². The van der Waals surface area contributed by atoms with Gasteiger partial charge < -0.3 is 14.6 Å². The highest BCUT2D eigenvalue weighted by Gasteiger charge is 2.22. The molecular weight excluding hydrogens is 380 g/mol. The Balaban J connectivity index is 1.42. The highest BCUT2D eigenvalue weighted by molar-refractivity contribution is 5.66. The number of nitrogens with zero attached hydrogens (tertiary/aromatic N) is 4. The Morgan fingerprint density at radius 1 is 1.03 bits per heavy atom. The summed E-state index contributed by atoms with van der Waals surface area (Å²) < 4.78 is 13.5. The fraction of sp³-hybridized carbons (Fsp3) is 0.478. The first-order valence-corrected chi connectivity index (χ1v) is 10.8. The van der Waals surface area contributed by atoms with E-state index in [-0.39, 0.29) is 12.2 Å². The highest BCUT2D eigenvalue weighted by Crippen LogP contribution is 2.27. The van der Waals surface area contributed by atoms with E-state index in [9.17, 15) is 5.11 Å². The van der Waals surface area contributed by atoms with Gasteiger partial charge in [0.05, 0.1) is 31.2 Å². The number of aromatic nitrogens is 3. The predicted molar refractivity (Wildman–Crippen MR) is 113 cm³/mol. The number of hydrogen-bond donors (Lipinski definition) is 1. The van der Waals surface area contributed by atoms with Crippen molar-refractivity contribution in [2.75, 3.05) is 26.3 Å². The van der Waals surface area contributed by atoms with Crippen LogP contribution in [-0.4, -0.2) is 63.1 Å². The molecule has 2 aliphatic rings. The zero-order chi connectivity index (χ0) is 20.3. The van der Waals surface area contributed by atoms with Crippen molar-refractivity contribution >= 4 is 5.65 Å². The zero-order valence-corrected chi connectivity index (χ0v) is 17.1. The topological polar surface area (TPSA) is 72.1 Å². The minimum atomic E-state index is -0.191. The average molecular weight is 409 g/mol. The maximum atomic E-state index is 9.72. The van der Waals surface area contributed by atoms with Crippen LogP contribution in [0.3, 0.4) is 0 Å². The van der Waals surface area contributed by atoms with Gasteiger partial charge in [-0.3, -0.25) is 4.90 Å². The molecule has 7 heteroatoms. The fourth-order valence-electron chi connectivity index (χ4n) is 4.35. The molecule has 0 amide bonds. The third-order valence-corrected chi connectivity index (χ3v) is 6.06. The standard InChI is InChI=1S/C23H28N4O3/c28-18-5-7-19(8-6-18)30-23-10-9-22-24-15-21(27(22)25-23)20-4-2-1-3-17(20)16-26-11-13-29-14-12-26/h1-4,9-10,15,18-19,28H,5-8,11-14,16H2/t18-,19-. The van der Waals surface area contributed by atoms with Gasteiger partial charge in [0.25, 0.3) is 0 Å². The second-order valence-corrected chi connectivity index (χ2v) is 8.18. The molecule has 2 aromatic heterocycles. The van der Waals surface area contributed by atoms with Crippen LogP contribution >= 0.6 is 0 Å². The average Bonchev–Trinajstić information content (AvgIpc) is 3.20. The first-order chi connectivity index (χ1) is 14.8. The van der Waals surface area contributed by atoms with Gasteiger partial charge in [0, 0.05) is 31.3 Å². The molecule has 0 spiro atoms. The SMILES string of the molecule is O[C@H]1CC[C@H](Oc2ccc3ncc(-c4ccccc4CN4CCOCC4)n3n2)CC1. The second kappa shape index (κ2) is 8.71. The summed E-state index contributed by atoms with van der Waals surface area (Å²) in [5, 5.41) is 14.5. The third-order valence-electron chi connectivity index (χ3n) is 6.06. The van der Waals surface area contributed by atoms with Gasteiger partial charge in [0.15, 0.2) is 5.65 Å². The molecule has 1 N–H and O–H groups in total. The lowest BCUT2D eigenvalue weighted by Gasteiger charge is -2.27. The molecule has 158 valence electrons. The number of aliphatic hydroxyl groups is 1. The van der Waals surface area contributed by atoms with E-state index in [1.165, 1.54) is 5.56 Å². The van der Waals surface area contributed by atoms with Crippen molar-refractivity contribution in [3.8, 4) is 17.1 Å². The highest BCUT2D eigenvalue weighted by atomic mass is 16.5. The summed E-state index contributed by atoms with van der Waals surface area (Å²) in [4.78, 5) is 6.98. The smallest absolute Gasteiger partial charge is 0.232 e. The summed E-state index contributed by atoms with van der Waals surface area (Å²) in [6, 6.07) is 12.3. The molecule has 30 heavy (non-hydrogen) atoms. The maximum Gasteiger partial charge on any atom is 0.232 e. The van der Waals surface area contributed by atoms with E-state index in [1.807, 2.05) is 22.8 Å². The minimum absolute atomic E-state index is 0.110. The number of aliphatic hydroxyl groups excluding tert-OH is 1. The molecule has 1 aliphatic carbocycles. The molecule has 1 saturated carbocycles. The Morgan fingerprint density at radius 2 is 1.83 bits per heavy atom. The van der Waals surface area contributed by atoms with E-state index in [0.717, 1.165) is 75.4 Å². The molecule has 0 atom stereocenters. The van der Waals surface area contributed by atoms with Crippen LogP contribution in [0.2, 0.25) is 0 Å². The van der Waals surface area contributed by atoms with Gasteiger partial charge in [0.1, 0.15) is 6.10 Å². The number of morpholine rings is 1. The van der Waals surface area contributed by atoms with E-state index in [0.29, 0.717) is 5.88 Å². The van der Waals surface area contributed by atoms with Crippen molar-refractivity contribution in [3.05, 3.63) is 48.2 Å². The van der Waals surface area contributed by atoms with Crippen LogP contribution in [0.25, 0.3) is 16.9 Å². The Hall–Kier alpha value is -2.48. The Bertz CT molecular complexity index is 991. The van der Waals surface area contributed by atoms with Gasteiger partial charge in [0.2, 0.25) is 5.88 Å². The van der Waals surface area contributed by atoms with Crippen LogP contribution < -0.4 is 4.74 Å². The second-order valence-electron chi connectivity index (χ2n) is 8.18. The molecule has 7 nitrogen and oxygen atoms in total. The first-order valence-electron chi connectivity index (χ1n) is 10.8. The van der Waals surface area contributed by atoms with Crippen LogP contribution in [0.5, 0.6) is 5.88 Å². The lowest BCUT2D eigenvalue weighted by atomic mass is 9.95. The summed E-state index contributed by atoms with van der Waals surface area (Å²) in [5.74, 6) is 0.605. The normalized spacial score (nSPS) is 23.0. The summed E-state index contributed by atoms with van der Waals surface area (Å²) >= 11 is 0. The molecule has 1 saturated heterocycles. The van der Waals surface area contributed by atoms with Crippen molar-refractivity contribution in [3.63, 3.8) is 0 Å². The minimum Gasteiger partial charge on any atom is -0.473 e. The van der Waals surface area contributed by atoms with Gasteiger partial charge in [-0.1, -0.05) is 24.3 Å². The molecule has 1 aromatic carbocycles. The summed E-state index contributed by atoms with van der Waals surface area (Å²) in [5.41, 5.74) is 4.17. The molecule has 2 fully saturated rings. The number of rotatable bonds is 5. The number of fused-ring (bicyclic) bond motifs is 1. The van der Waals surface area contributed by atoms with E-state index in [1.54, 1.807) is 0 Å². The van der Waals surface area contributed by atoms with Crippen LogP contribution in [-0.2, 0) is 11.3 Å². The zero-order valence-electron chi connectivity index (χ0n) is 17.1. The van der Waals surface area contributed by atoms with Crippen molar-refractivity contribution in [2.24, 2.45) is 0 Å². The number of hydrogen-bond acceptors (Lipinski definition) is 6. The Kier molecular flexibility index (Phi) is 5.66. The van der Waals surface area contributed by atoms with Crippen molar-refractivity contribution in [1.29, 1.82) is 0 Å². The van der Waals surface area contributed by atoms with Crippen molar-refractivity contribution in [1.82, 2.24) is 19.5 Å². The number of benzene rings is 1. The number of ether oxygens (including phenoxy) is 2. The monoisotopic (exact) mass is 408 g/mol. The molecule has 0 radical (unpaired) electrons. The van der Waals surface area contributed by atoms with Crippen molar-refractivity contribution < 1.29 is 14.6 Å². The van der Waals surface area contributed by atoms with E-state index < -0.39 is 0 Å². The van der Waals surface area contributed by atoms with Crippen LogP contribution in [0.15, 0.2) is 42.6 Å². The molecule has 0 unspecified atom stereocenters. The number of imidazole rings is 1. The van der Waals surface area contributed by atoms with Gasteiger partial charge in [-0.25, -0.2) is 9.50 Å². The summed E-state index contributed by atoms with van der Waals surface area (Å²) in [7, 11) is 0. The van der Waals surface area contributed by atoms with Gasteiger partial charge in [-0.15, -0.1) is 5.10 Å². The molecule has 1 aliphatic heterocycles. The lowest BCUT2D eigenvalue weighted by molar-refractivity contribution is 0.0342. The summed E-state index contributed by atoms with van der Waals surface area (Å²) in [6.45, 7) is 4.37. The quantitative estimate of drug-likeness (QED) is 0.700. The molecule has 5 rings (SSSR count). The largest absolute Gasteiger partial charge is 0.473 e. The lowest BCUT2D eigenvalue weighted by Crippen LogP contribution is -2.35. The van der Waals surface area contributed by atoms with Gasteiger partial charge in [-0.2, -0.15) is 0 Å². The van der Waals surface area contributed by atoms with Gasteiger partial charge in [-0.05, 0) is 37.3 Å². The van der Waals surface area contributed by atoms with Crippen LogP contribution in [0.1, 0.15) is 31.2 Å². The van der Waals surface area contributed by atoms with Crippen LogP contribution in [0, 0.1) is 0 Å². The molecule has 0 bridgehead atoms. The van der Waals surface area contributed by atoms with E-state index in [4.69, 9.17) is 14.6 Å². The maximum absolute atomic E-state index is 9.72. The third kappa shape index (κ3) is 4.19. The Labute approximate surface area is 176 Å². The molecule has 3 aromatic rings. The Morgan fingerprint density at radius 3 is 2.67 bits per heavy atom. The van der Waals surface area contributed by atoms with E-state index in [2.05, 4.69) is 34.1 Å². The first kappa shape index (κ1) is 19.5.